The number of nitrogens with zero attached hydrogens (tertiary/aromatic N) is 3. The summed E-state index contributed by atoms with van der Waals surface area (Å²) >= 11 is 0. The van der Waals surface area contributed by atoms with Crippen molar-refractivity contribution in [3.8, 4) is 6.07 Å². The van der Waals surface area contributed by atoms with Crippen LogP contribution in [0, 0.1) is 17.2 Å². The van der Waals surface area contributed by atoms with Gasteiger partial charge < -0.3 is 4.90 Å². The summed E-state index contributed by atoms with van der Waals surface area (Å²) in [5.74, 6) is 1.83. The third-order valence-electron chi connectivity index (χ3n) is 2.98. The fourth-order valence-corrected chi connectivity index (χ4v) is 1.88. The smallest absolute Gasteiger partial charge is 0.128 e. The topological polar surface area (TPSA) is 39.9 Å². The highest BCUT2D eigenvalue weighted by Gasteiger charge is 2.16. The van der Waals surface area contributed by atoms with Gasteiger partial charge in [-0.2, -0.15) is 5.26 Å². The molecule has 1 saturated heterocycles. The summed E-state index contributed by atoms with van der Waals surface area (Å²) in [7, 11) is 0. The maximum absolute atomic E-state index is 8.67. The quantitative estimate of drug-likeness (QED) is 0.745. The Morgan fingerprint density at radius 3 is 2.41 bits per heavy atom. The van der Waals surface area contributed by atoms with Gasteiger partial charge in [0.05, 0.1) is 5.56 Å². The van der Waals surface area contributed by atoms with Crippen molar-refractivity contribution in [2.75, 3.05) is 18.0 Å². The van der Waals surface area contributed by atoms with E-state index in [1.165, 1.54) is 12.8 Å². The highest BCUT2D eigenvalue weighted by Crippen LogP contribution is 2.20. The maximum atomic E-state index is 8.67. The van der Waals surface area contributed by atoms with Crippen molar-refractivity contribution in [1.82, 2.24) is 4.98 Å². The molecule has 0 spiro atoms. The van der Waals surface area contributed by atoms with Crippen molar-refractivity contribution in [3.63, 3.8) is 0 Å². The number of anilines is 1. The van der Waals surface area contributed by atoms with Gasteiger partial charge >= 0.3 is 0 Å². The van der Waals surface area contributed by atoms with E-state index in [1.807, 2.05) is 26.0 Å². The molecule has 1 aliphatic heterocycles. The normalized spacial score (nSPS) is 15.8. The Morgan fingerprint density at radius 2 is 1.94 bits per heavy atom. The minimum absolute atomic E-state index is 0.629. The molecule has 3 nitrogen and oxygen atoms in total. The van der Waals surface area contributed by atoms with Crippen LogP contribution in [0.25, 0.3) is 0 Å². The molecule has 17 heavy (non-hydrogen) atoms. The van der Waals surface area contributed by atoms with E-state index in [9.17, 15) is 0 Å². The molecule has 92 valence electrons. The van der Waals surface area contributed by atoms with Gasteiger partial charge in [-0.05, 0) is 30.9 Å². The number of piperidine rings is 1. The lowest BCUT2D eigenvalue weighted by atomic mass is 9.99. The van der Waals surface area contributed by atoms with Gasteiger partial charge in [-0.1, -0.05) is 20.8 Å². The van der Waals surface area contributed by atoms with Gasteiger partial charge in [-0.3, -0.25) is 0 Å². The van der Waals surface area contributed by atoms with E-state index in [4.69, 9.17) is 5.26 Å². The van der Waals surface area contributed by atoms with Crippen LogP contribution >= 0.6 is 0 Å². The zero-order chi connectivity index (χ0) is 12.7. The highest BCUT2D eigenvalue weighted by atomic mass is 15.2. The first kappa shape index (κ1) is 13.5. The largest absolute Gasteiger partial charge is 0.357 e. The lowest BCUT2D eigenvalue weighted by Gasteiger charge is -2.31. The Bertz CT molecular complexity index is 356. The molecule has 0 bridgehead atoms. The Hall–Kier alpha value is -1.56. The van der Waals surface area contributed by atoms with Gasteiger partial charge in [0.1, 0.15) is 11.9 Å². The lowest BCUT2D eigenvalue weighted by Crippen LogP contribution is -2.33. The molecule has 2 rings (SSSR count). The van der Waals surface area contributed by atoms with Crippen molar-refractivity contribution in [1.29, 1.82) is 5.26 Å². The molecule has 3 heteroatoms. The second kappa shape index (κ2) is 6.90. The number of hydrogen-bond acceptors (Lipinski definition) is 3. The SMILES string of the molecule is CC.CC1CCN(c2ccc(C#N)cn2)CC1. The minimum Gasteiger partial charge on any atom is -0.357 e. The first-order chi connectivity index (χ1) is 8.29. The first-order valence-corrected chi connectivity index (χ1v) is 6.40. The van der Waals surface area contributed by atoms with E-state index in [0.717, 1.165) is 24.8 Å². The van der Waals surface area contributed by atoms with Gasteiger partial charge in [0.2, 0.25) is 0 Å². The Kier molecular flexibility index (Phi) is 5.48. The van der Waals surface area contributed by atoms with Gasteiger partial charge in [-0.25, -0.2) is 4.98 Å². The molecule has 0 aromatic carbocycles. The summed E-state index contributed by atoms with van der Waals surface area (Å²) < 4.78 is 0. The van der Waals surface area contributed by atoms with Crippen LogP contribution in [0.3, 0.4) is 0 Å². The summed E-state index contributed by atoms with van der Waals surface area (Å²) in [6.45, 7) is 8.46. The van der Waals surface area contributed by atoms with Gasteiger partial charge in [-0.15, -0.1) is 0 Å². The number of hydrogen-bond donors (Lipinski definition) is 0. The average Bonchev–Trinajstić information content (AvgIpc) is 2.42. The molecular formula is C14H21N3. The van der Waals surface area contributed by atoms with Crippen molar-refractivity contribution in [2.24, 2.45) is 5.92 Å². The predicted octanol–water partition coefficient (Wildman–Crippen LogP) is 3.22. The number of nitriles is 1. The van der Waals surface area contributed by atoms with Crippen LogP contribution < -0.4 is 4.90 Å². The molecule has 1 aromatic rings. The molecule has 0 radical (unpaired) electrons. The van der Waals surface area contributed by atoms with Crippen LogP contribution in [-0.4, -0.2) is 18.1 Å². The summed E-state index contributed by atoms with van der Waals surface area (Å²) in [5, 5.41) is 8.67. The molecule has 1 aliphatic rings. The molecule has 0 saturated carbocycles. The molecule has 2 heterocycles. The van der Waals surface area contributed by atoms with Crippen LogP contribution in [0.4, 0.5) is 5.82 Å². The van der Waals surface area contributed by atoms with Crippen LogP contribution in [-0.2, 0) is 0 Å². The van der Waals surface area contributed by atoms with E-state index < -0.39 is 0 Å². The lowest BCUT2D eigenvalue weighted by molar-refractivity contribution is 0.436. The fourth-order valence-electron chi connectivity index (χ4n) is 1.88. The minimum atomic E-state index is 0.629. The monoisotopic (exact) mass is 231 g/mol. The first-order valence-electron chi connectivity index (χ1n) is 6.40. The van der Waals surface area contributed by atoms with Crippen molar-refractivity contribution >= 4 is 5.82 Å². The molecule has 0 amide bonds. The van der Waals surface area contributed by atoms with E-state index >= 15 is 0 Å². The number of pyridine rings is 1. The maximum Gasteiger partial charge on any atom is 0.128 e. The second-order valence-electron chi connectivity index (χ2n) is 4.19. The third kappa shape index (κ3) is 3.74. The number of aromatic nitrogens is 1. The van der Waals surface area contributed by atoms with Crippen LogP contribution in [0.1, 0.15) is 39.2 Å². The molecule has 0 unspecified atom stereocenters. The summed E-state index contributed by atoms with van der Waals surface area (Å²) in [6.07, 6.45) is 4.12. The second-order valence-corrected chi connectivity index (χ2v) is 4.19. The van der Waals surface area contributed by atoms with E-state index in [-0.39, 0.29) is 0 Å². The fraction of sp³-hybridized carbons (Fsp3) is 0.571. The van der Waals surface area contributed by atoms with Gasteiger partial charge in [0.15, 0.2) is 0 Å². The van der Waals surface area contributed by atoms with E-state index in [2.05, 4.69) is 22.9 Å². The zero-order valence-electron chi connectivity index (χ0n) is 11.0. The van der Waals surface area contributed by atoms with Crippen LogP contribution in [0.2, 0.25) is 0 Å². The Morgan fingerprint density at radius 1 is 1.29 bits per heavy atom. The number of rotatable bonds is 1. The average molecular weight is 231 g/mol. The molecular weight excluding hydrogens is 210 g/mol. The van der Waals surface area contributed by atoms with E-state index in [0.29, 0.717) is 5.56 Å². The van der Waals surface area contributed by atoms with Crippen molar-refractivity contribution < 1.29 is 0 Å². The molecule has 0 N–H and O–H groups in total. The van der Waals surface area contributed by atoms with Crippen LogP contribution in [0.5, 0.6) is 0 Å². The summed E-state index contributed by atoms with van der Waals surface area (Å²) in [5.41, 5.74) is 0.629. The molecule has 0 atom stereocenters. The van der Waals surface area contributed by atoms with E-state index in [1.54, 1.807) is 6.20 Å². The molecule has 1 aromatic heterocycles. The Balaban J connectivity index is 0.000000686. The van der Waals surface area contributed by atoms with Crippen LogP contribution in [0.15, 0.2) is 18.3 Å². The Labute approximate surface area is 104 Å². The standard InChI is InChI=1S/C12H15N3.C2H6/c1-10-4-6-15(7-5-10)12-3-2-11(8-13)9-14-12;1-2/h2-3,9-10H,4-7H2,1H3;1-2H3. The highest BCUT2D eigenvalue weighted by molar-refractivity contribution is 5.42. The van der Waals surface area contributed by atoms with Crippen molar-refractivity contribution in [2.45, 2.75) is 33.6 Å². The third-order valence-corrected chi connectivity index (χ3v) is 2.98. The van der Waals surface area contributed by atoms with Gasteiger partial charge in [0, 0.05) is 19.3 Å². The molecule has 0 aliphatic carbocycles. The van der Waals surface area contributed by atoms with Crippen molar-refractivity contribution in [3.05, 3.63) is 23.9 Å². The summed E-state index contributed by atoms with van der Waals surface area (Å²) in [6, 6.07) is 5.86. The van der Waals surface area contributed by atoms with Gasteiger partial charge in [0.25, 0.3) is 0 Å². The predicted molar refractivity (Wildman–Crippen MR) is 70.9 cm³/mol. The zero-order valence-corrected chi connectivity index (χ0v) is 11.0. The molecule has 1 fully saturated rings. The summed E-state index contributed by atoms with van der Waals surface area (Å²) in [4.78, 5) is 6.59.